The number of hydrogen-bond acceptors (Lipinski definition) is 3. The number of carbonyl (C=O) groups is 2. The molecule has 0 aliphatic rings. The van der Waals surface area contributed by atoms with Crippen LogP contribution in [0.1, 0.15) is 19.8 Å². The van der Waals surface area contributed by atoms with Gasteiger partial charge in [0, 0.05) is 19.9 Å². The van der Waals surface area contributed by atoms with Crippen LogP contribution in [0.5, 0.6) is 5.75 Å². The zero-order valence-corrected chi connectivity index (χ0v) is 10.4. The minimum Gasteiger partial charge on any atom is -0.495 e. The number of ether oxygens (including phenoxy) is 1. The highest BCUT2D eigenvalue weighted by Crippen LogP contribution is 2.26. The lowest BCUT2D eigenvalue weighted by Gasteiger charge is -2.19. The molecular formula is C13H17NO3. The topological polar surface area (TPSA) is 46.6 Å². The maximum absolute atomic E-state index is 11.8. The van der Waals surface area contributed by atoms with Gasteiger partial charge in [0.05, 0.1) is 12.8 Å². The first-order chi connectivity index (χ1) is 8.06. The molecule has 0 aromatic heterocycles. The van der Waals surface area contributed by atoms with Crippen LogP contribution in [0.4, 0.5) is 5.69 Å². The third-order valence-electron chi connectivity index (χ3n) is 2.51. The van der Waals surface area contributed by atoms with Gasteiger partial charge in [-0.2, -0.15) is 0 Å². The van der Waals surface area contributed by atoms with Crippen molar-refractivity contribution in [2.24, 2.45) is 0 Å². The van der Waals surface area contributed by atoms with Crippen molar-refractivity contribution in [3.8, 4) is 5.75 Å². The number of methoxy groups -OCH3 is 1. The molecule has 0 radical (unpaired) electrons. The summed E-state index contributed by atoms with van der Waals surface area (Å²) < 4.78 is 5.18. The molecule has 17 heavy (non-hydrogen) atoms. The molecule has 1 amide bonds. The minimum atomic E-state index is -0.0929. The van der Waals surface area contributed by atoms with E-state index >= 15 is 0 Å². The largest absolute Gasteiger partial charge is 0.495 e. The van der Waals surface area contributed by atoms with Gasteiger partial charge < -0.3 is 14.4 Å². The lowest BCUT2D eigenvalue weighted by atomic mass is 10.2. The van der Waals surface area contributed by atoms with E-state index in [4.69, 9.17) is 4.74 Å². The summed E-state index contributed by atoms with van der Waals surface area (Å²) in [6, 6.07) is 7.29. The Balaban J connectivity index is 2.77. The average molecular weight is 235 g/mol. The first-order valence-electron chi connectivity index (χ1n) is 5.45. The molecule has 0 unspecified atom stereocenters. The summed E-state index contributed by atoms with van der Waals surface area (Å²) in [6.45, 7) is 1.48. The van der Waals surface area contributed by atoms with Crippen LogP contribution in [0.3, 0.4) is 0 Å². The summed E-state index contributed by atoms with van der Waals surface area (Å²) in [5.74, 6) is 0.572. The van der Waals surface area contributed by atoms with Crippen LogP contribution in [-0.2, 0) is 9.59 Å². The molecule has 4 heteroatoms. The molecule has 0 bridgehead atoms. The zero-order chi connectivity index (χ0) is 12.8. The number of Topliss-reactive ketones (excluding diaryl/α,β-unsaturated/α-hetero) is 1. The van der Waals surface area contributed by atoms with Gasteiger partial charge in [-0.25, -0.2) is 0 Å². The first-order valence-corrected chi connectivity index (χ1v) is 5.45. The van der Waals surface area contributed by atoms with Crippen molar-refractivity contribution in [2.45, 2.75) is 19.8 Å². The van der Waals surface area contributed by atoms with Crippen LogP contribution in [0.2, 0.25) is 0 Å². The number of nitrogens with zero attached hydrogens (tertiary/aromatic N) is 1. The van der Waals surface area contributed by atoms with Gasteiger partial charge in [0.2, 0.25) is 5.91 Å². The predicted octanol–water partition coefficient (Wildman–Crippen LogP) is 2.03. The molecule has 0 aliphatic carbocycles. The van der Waals surface area contributed by atoms with E-state index in [-0.39, 0.29) is 24.5 Å². The molecule has 0 saturated carbocycles. The Labute approximate surface area is 101 Å². The molecular weight excluding hydrogens is 218 g/mol. The fourth-order valence-electron chi connectivity index (χ4n) is 1.49. The summed E-state index contributed by atoms with van der Waals surface area (Å²) in [7, 11) is 3.24. The molecule has 0 N–H and O–H groups in total. The van der Waals surface area contributed by atoms with Gasteiger partial charge in [-0.1, -0.05) is 12.1 Å². The molecule has 0 fully saturated rings. The first kappa shape index (κ1) is 13.2. The quantitative estimate of drug-likeness (QED) is 0.784. The van der Waals surface area contributed by atoms with Gasteiger partial charge in [0.25, 0.3) is 0 Å². The second-order valence-corrected chi connectivity index (χ2v) is 3.83. The fourth-order valence-corrected chi connectivity index (χ4v) is 1.49. The number of benzene rings is 1. The summed E-state index contributed by atoms with van der Waals surface area (Å²) >= 11 is 0. The Morgan fingerprint density at radius 2 is 1.88 bits per heavy atom. The number of ketones is 1. The Hall–Kier alpha value is -1.84. The monoisotopic (exact) mass is 235 g/mol. The van der Waals surface area contributed by atoms with Gasteiger partial charge in [-0.15, -0.1) is 0 Å². The lowest BCUT2D eigenvalue weighted by Crippen LogP contribution is -2.26. The van der Waals surface area contributed by atoms with Crippen LogP contribution in [0.15, 0.2) is 24.3 Å². The molecule has 0 heterocycles. The van der Waals surface area contributed by atoms with Crippen molar-refractivity contribution < 1.29 is 14.3 Å². The number of carbonyl (C=O) groups excluding carboxylic acids is 2. The van der Waals surface area contributed by atoms with Crippen LogP contribution in [0, 0.1) is 0 Å². The van der Waals surface area contributed by atoms with Crippen LogP contribution in [0.25, 0.3) is 0 Å². The second kappa shape index (κ2) is 6.03. The van der Waals surface area contributed by atoms with E-state index in [1.807, 2.05) is 18.2 Å². The van der Waals surface area contributed by atoms with E-state index in [1.54, 1.807) is 20.2 Å². The number of rotatable bonds is 5. The van der Waals surface area contributed by atoms with Gasteiger partial charge >= 0.3 is 0 Å². The smallest absolute Gasteiger partial charge is 0.227 e. The third-order valence-corrected chi connectivity index (χ3v) is 2.51. The molecule has 0 spiro atoms. The van der Waals surface area contributed by atoms with Gasteiger partial charge in [-0.3, -0.25) is 4.79 Å². The highest BCUT2D eigenvalue weighted by molar-refractivity contribution is 5.96. The summed E-state index contributed by atoms with van der Waals surface area (Å²) in [6.07, 6.45) is 0.502. The van der Waals surface area contributed by atoms with Crippen LogP contribution < -0.4 is 9.64 Å². The molecule has 0 saturated heterocycles. The van der Waals surface area contributed by atoms with Crippen molar-refractivity contribution in [1.29, 1.82) is 0 Å². The third kappa shape index (κ3) is 3.59. The maximum Gasteiger partial charge on any atom is 0.227 e. The SMILES string of the molecule is COc1ccccc1N(C)C(=O)CCC(C)=O. The van der Waals surface area contributed by atoms with E-state index in [2.05, 4.69) is 0 Å². The van der Waals surface area contributed by atoms with E-state index in [9.17, 15) is 9.59 Å². The Kier molecular flexibility index (Phi) is 4.69. The maximum atomic E-state index is 11.8. The van der Waals surface area contributed by atoms with Crippen molar-refractivity contribution >= 4 is 17.4 Å². The molecule has 0 aliphatic heterocycles. The van der Waals surface area contributed by atoms with Gasteiger partial charge in [-0.05, 0) is 19.1 Å². The molecule has 92 valence electrons. The number of hydrogen-bond donors (Lipinski definition) is 0. The average Bonchev–Trinajstić information content (AvgIpc) is 2.34. The molecule has 1 aromatic rings. The fraction of sp³-hybridized carbons (Fsp3) is 0.385. The number of para-hydroxylation sites is 2. The van der Waals surface area contributed by atoms with Gasteiger partial charge in [0.15, 0.2) is 0 Å². The highest BCUT2D eigenvalue weighted by Gasteiger charge is 2.14. The normalized spacial score (nSPS) is 9.82. The molecule has 4 nitrogen and oxygen atoms in total. The molecule has 1 rings (SSSR count). The van der Waals surface area contributed by atoms with Crippen molar-refractivity contribution in [3.05, 3.63) is 24.3 Å². The van der Waals surface area contributed by atoms with Crippen molar-refractivity contribution in [2.75, 3.05) is 19.1 Å². The summed E-state index contributed by atoms with van der Waals surface area (Å²) in [5.41, 5.74) is 0.712. The van der Waals surface area contributed by atoms with E-state index < -0.39 is 0 Å². The molecule has 0 atom stereocenters. The number of amides is 1. The zero-order valence-electron chi connectivity index (χ0n) is 10.4. The lowest BCUT2D eigenvalue weighted by molar-refractivity contribution is -0.122. The Morgan fingerprint density at radius 3 is 2.47 bits per heavy atom. The van der Waals surface area contributed by atoms with Crippen molar-refractivity contribution in [3.63, 3.8) is 0 Å². The van der Waals surface area contributed by atoms with Gasteiger partial charge in [0.1, 0.15) is 11.5 Å². The van der Waals surface area contributed by atoms with Crippen molar-refractivity contribution in [1.82, 2.24) is 0 Å². The van der Waals surface area contributed by atoms with Crippen LogP contribution >= 0.6 is 0 Å². The second-order valence-electron chi connectivity index (χ2n) is 3.83. The standard InChI is InChI=1S/C13H17NO3/c1-10(15)8-9-13(16)14(2)11-6-4-5-7-12(11)17-3/h4-7H,8-9H2,1-3H3. The summed E-state index contributed by atoms with van der Waals surface area (Å²) in [5, 5.41) is 0. The predicted molar refractivity (Wildman–Crippen MR) is 66.3 cm³/mol. The molecule has 1 aromatic carbocycles. The summed E-state index contributed by atoms with van der Waals surface area (Å²) in [4.78, 5) is 24.2. The minimum absolute atomic E-state index is 0.0202. The Bertz CT molecular complexity index is 415. The van der Waals surface area contributed by atoms with E-state index in [1.165, 1.54) is 11.8 Å². The van der Waals surface area contributed by atoms with E-state index in [0.29, 0.717) is 11.4 Å². The number of anilines is 1. The van der Waals surface area contributed by atoms with E-state index in [0.717, 1.165) is 0 Å². The highest BCUT2D eigenvalue weighted by atomic mass is 16.5. The van der Waals surface area contributed by atoms with Crippen LogP contribution in [-0.4, -0.2) is 25.8 Å². The Morgan fingerprint density at radius 1 is 1.24 bits per heavy atom.